The Bertz CT molecular complexity index is 735. The van der Waals surface area contributed by atoms with Crippen molar-refractivity contribution in [2.75, 3.05) is 0 Å². The van der Waals surface area contributed by atoms with Gasteiger partial charge in [0.05, 0.1) is 0 Å². The van der Waals surface area contributed by atoms with Crippen molar-refractivity contribution < 1.29 is 0 Å². The van der Waals surface area contributed by atoms with Gasteiger partial charge in [0.25, 0.3) is 0 Å². The monoisotopic (exact) mass is 275 g/mol. The zero-order chi connectivity index (χ0) is 15.1. The van der Waals surface area contributed by atoms with Gasteiger partial charge in [-0.1, -0.05) is 30.0 Å². The molecule has 0 aliphatic rings. The molecular weight excluding hydrogens is 262 g/mol. The van der Waals surface area contributed by atoms with Crippen molar-refractivity contribution >= 4 is 11.7 Å². The summed E-state index contributed by atoms with van der Waals surface area (Å²) in [4.78, 5) is 14.0. The molecule has 0 aliphatic heterocycles. The van der Waals surface area contributed by atoms with E-state index in [4.69, 9.17) is 5.41 Å². The standard InChI is InChI=1S/C17H13N3O/c1-13(20-21)19-17(18)16-11-9-15(10-12-16)8-7-14-5-3-2-4-6-14/h2-6,9-12,18H,1H3/b18-17?,19-13+. The summed E-state index contributed by atoms with van der Waals surface area (Å²) in [5.74, 6) is 6.16. The first-order valence-corrected chi connectivity index (χ1v) is 6.34. The molecule has 2 aromatic carbocycles. The maximum Gasteiger partial charge on any atom is 0.172 e. The number of hydrogen-bond donors (Lipinski definition) is 1. The molecule has 102 valence electrons. The van der Waals surface area contributed by atoms with Crippen LogP contribution in [0.1, 0.15) is 23.6 Å². The van der Waals surface area contributed by atoms with Gasteiger partial charge in [-0.2, -0.15) is 0 Å². The lowest BCUT2D eigenvalue weighted by atomic mass is 10.1. The van der Waals surface area contributed by atoms with E-state index in [0.29, 0.717) is 5.56 Å². The second kappa shape index (κ2) is 6.92. The van der Waals surface area contributed by atoms with Crippen molar-refractivity contribution in [2.45, 2.75) is 6.92 Å². The van der Waals surface area contributed by atoms with Crippen LogP contribution >= 0.6 is 0 Å². The fourth-order valence-corrected chi connectivity index (χ4v) is 1.62. The van der Waals surface area contributed by atoms with Crippen LogP contribution in [0.5, 0.6) is 0 Å². The van der Waals surface area contributed by atoms with E-state index in [1.165, 1.54) is 6.92 Å². The first-order chi connectivity index (χ1) is 10.2. The molecule has 0 aliphatic carbocycles. The minimum atomic E-state index is 0.00895. The van der Waals surface area contributed by atoms with Crippen molar-refractivity contribution in [3.8, 4) is 11.8 Å². The van der Waals surface area contributed by atoms with Crippen molar-refractivity contribution in [3.05, 3.63) is 76.2 Å². The van der Waals surface area contributed by atoms with Gasteiger partial charge in [-0.15, -0.1) is 4.91 Å². The highest BCUT2D eigenvalue weighted by atomic mass is 16.3. The molecule has 0 atom stereocenters. The SMILES string of the molecule is C/C(N=O)=N\C(=N)c1ccc(C#Cc2ccccc2)cc1. The Morgan fingerprint density at radius 2 is 1.52 bits per heavy atom. The van der Waals surface area contributed by atoms with Gasteiger partial charge in [0, 0.05) is 16.7 Å². The third kappa shape index (κ3) is 4.22. The van der Waals surface area contributed by atoms with E-state index < -0.39 is 0 Å². The van der Waals surface area contributed by atoms with Crippen LogP contribution < -0.4 is 0 Å². The van der Waals surface area contributed by atoms with E-state index in [0.717, 1.165) is 11.1 Å². The zero-order valence-electron chi connectivity index (χ0n) is 11.5. The molecule has 0 aromatic heterocycles. The predicted molar refractivity (Wildman–Crippen MR) is 84.6 cm³/mol. The topological polar surface area (TPSA) is 65.6 Å². The zero-order valence-corrected chi connectivity index (χ0v) is 11.5. The largest absolute Gasteiger partial charge is 0.282 e. The molecule has 0 saturated heterocycles. The van der Waals surface area contributed by atoms with Crippen molar-refractivity contribution in [1.82, 2.24) is 0 Å². The summed E-state index contributed by atoms with van der Waals surface area (Å²) >= 11 is 0. The Morgan fingerprint density at radius 3 is 2.10 bits per heavy atom. The van der Waals surface area contributed by atoms with Crippen LogP contribution in [0.15, 0.2) is 64.8 Å². The molecule has 21 heavy (non-hydrogen) atoms. The van der Waals surface area contributed by atoms with E-state index in [1.54, 1.807) is 12.1 Å². The average Bonchev–Trinajstić information content (AvgIpc) is 2.54. The predicted octanol–water partition coefficient (Wildman–Crippen LogP) is 3.60. The summed E-state index contributed by atoms with van der Waals surface area (Å²) in [7, 11) is 0. The molecule has 0 bridgehead atoms. The molecule has 2 aromatic rings. The molecule has 0 unspecified atom stereocenters. The quantitative estimate of drug-likeness (QED) is 0.367. The van der Waals surface area contributed by atoms with Gasteiger partial charge >= 0.3 is 0 Å². The maximum absolute atomic E-state index is 10.2. The smallest absolute Gasteiger partial charge is 0.172 e. The highest BCUT2D eigenvalue weighted by molar-refractivity contribution is 6.04. The highest BCUT2D eigenvalue weighted by Gasteiger charge is 2.00. The summed E-state index contributed by atoms with van der Waals surface area (Å²) in [5.41, 5.74) is 2.42. The molecule has 4 nitrogen and oxygen atoms in total. The van der Waals surface area contributed by atoms with E-state index >= 15 is 0 Å². The number of benzene rings is 2. The molecule has 0 saturated carbocycles. The first kappa shape index (κ1) is 14.4. The minimum Gasteiger partial charge on any atom is -0.282 e. The van der Waals surface area contributed by atoms with Gasteiger partial charge in [-0.25, -0.2) is 4.99 Å². The summed E-state index contributed by atoms with van der Waals surface area (Å²) in [5, 5.41) is 10.4. The average molecular weight is 275 g/mol. The number of nitrogens with zero attached hydrogens (tertiary/aromatic N) is 2. The van der Waals surface area contributed by atoms with E-state index in [-0.39, 0.29) is 11.7 Å². The van der Waals surface area contributed by atoms with Crippen molar-refractivity contribution in [3.63, 3.8) is 0 Å². The Morgan fingerprint density at radius 1 is 0.952 bits per heavy atom. The van der Waals surface area contributed by atoms with Gasteiger partial charge < -0.3 is 0 Å². The van der Waals surface area contributed by atoms with Crippen molar-refractivity contribution in [1.29, 1.82) is 5.41 Å². The van der Waals surface area contributed by atoms with Crippen LogP contribution in [-0.4, -0.2) is 11.7 Å². The van der Waals surface area contributed by atoms with Gasteiger partial charge in [0.15, 0.2) is 11.7 Å². The fraction of sp³-hybridized carbons (Fsp3) is 0.0588. The molecular formula is C17H13N3O. The number of nitroso groups, excluding NO2 is 1. The van der Waals surface area contributed by atoms with E-state index in [2.05, 4.69) is 22.0 Å². The van der Waals surface area contributed by atoms with Crippen LogP contribution in [0.4, 0.5) is 0 Å². The van der Waals surface area contributed by atoms with Crippen LogP contribution in [0.25, 0.3) is 0 Å². The first-order valence-electron chi connectivity index (χ1n) is 6.34. The third-order valence-electron chi connectivity index (χ3n) is 2.69. The number of hydrogen-bond acceptors (Lipinski definition) is 2. The summed E-state index contributed by atoms with van der Waals surface area (Å²) in [6.07, 6.45) is 0. The van der Waals surface area contributed by atoms with Gasteiger partial charge in [0.2, 0.25) is 0 Å². The van der Waals surface area contributed by atoms with Crippen LogP contribution in [0.2, 0.25) is 0 Å². The molecule has 0 radical (unpaired) electrons. The lowest BCUT2D eigenvalue weighted by Gasteiger charge is -1.98. The van der Waals surface area contributed by atoms with E-state index in [9.17, 15) is 4.91 Å². The van der Waals surface area contributed by atoms with Crippen LogP contribution in [0, 0.1) is 22.2 Å². The maximum atomic E-state index is 10.2. The lowest BCUT2D eigenvalue weighted by molar-refractivity contribution is 1.39. The van der Waals surface area contributed by atoms with Crippen molar-refractivity contribution in [2.24, 2.45) is 10.2 Å². The molecule has 0 spiro atoms. The summed E-state index contributed by atoms with van der Waals surface area (Å²) in [6, 6.07) is 16.9. The Balaban J connectivity index is 2.15. The molecule has 1 N–H and O–H groups in total. The molecule has 0 amide bonds. The van der Waals surface area contributed by atoms with Gasteiger partial charge in [0.1, 0.15) is 0 Å². The Kier molecular flexibility index (Phi) is 4.73. The number of nitrogens with one attached hydrogen (secondary N) is 1. The third-order valence-corrected chi connectivity index (χ3v) is 2.69. The van der Waals surface area contributed by atoms with Gasteiger partial charge in [-0.05, 0) is 48.5 Å². The lowest BCUT2D eigenvalue weighted by Crippen LogP contribution is -1.98. The van der Waals surface area contributed by atoms with Crippen LogP contribution in [-0.2, 0) is 0 Å². The second-order valence-corrected chi connectivity index (χ2v) is 4.29. The Hall–Kier alpha value is -3.06. The Labute approximate surface area is 123 Å². The van der Waals surface area contributed by atoms with Gasteiger partial charge in [-0.3, -0.25) is 5.41 Å². The van der Waals surface area contributed by atoms with Crippen LogP contribution in [0.3, 0.4) is 0 Å². The second-order valence-electron chi connectivity index (χ2n) is 4.29. The number of rotatable bonds is 1. The number of aliphatic imine (C=N–C) groups is 1. The highest BCUT2D eigenvalue weighted by Crippen LogP contribution is 2.06. The van der Waals surface area contributed by atoms with E-state index in [1.807, 2.05) is 42.5 Å². The molecule has 4 heteroatoms. The summed E-state index contributed by atoms with van der Waals surface area (Å²) < 4.78 is 0. The minimum absolute atomic E-state index is 0.00895. The molecule has 2 rings (SSSR count). The molecule has 0 heterocycles. The normalized spacial score (nSPS) is 10.4. The molecule has 0 fully saturated rings. The summed E-state index contributed by atoms with van der Waals surface area (Å²) in [6.45, 7) is 1.46. The fourth-order valence-electron chi connectivity index (χ4n) is 1.62. The number of amidine groups is 2.